The van der Waals surface area contributed by atoms with Crippen LogP contribution in [-0.2, 0) is 14.3 Å². The number of carbonyl (C=O) groups is 2. The number of hydrogen-bond donors (Lipinski definition) is 0. The van der Waals surface area contributed by atoms with E-state index < -0.39 is 17.0 Å². The minimum absolute atomic E-state index is 0.0963. The lowest BCUT2D eigenvalue weighted by Gasteiger charge is -2.11. The van der Waals surface area contributed by atoms with Gasteiger partial charge in [0.25, 0.3) is 5.69 Å². The Morgan fingerprint density at radius 2 is 1.84 bits per heavy atom. The molecule has 0 aliphatic rings. The fourth-order valence-corrected chi connectivity index (χ4v) is 1.68. The first kappa shape index (κ1) is 20.1. The Bertz CT molecular complexity index is 635. The van der Waals surface area contributed by atoms with Gasteiger partial charge in [0.15, 0.2) is 0 Å². The van der Waals surface area contributed by atoms with Gasteiger partial charge in [-0.15, -0.1) is 0 Å². The summed E-state index contributed by atoms with van der Waals surface area (Å²) < 4.78 is 14.9. The summed E-state index contributed by atoms with van der Waals surface area (Å²) >= 11 is 0. The van der Waals surface area contributed by atoms with Crippen LogP contribution in [0.1, 0.15) is 27.2 Å². The third-order valence-corrected chi connectivity index (χ3v) is 2.85. The fourth-order valence-electron chi connectivity index (χ4n) is 1.68. The van der Waals surface area contributed by atoms with Crippen LogP contribution in [0.2, 0.25) is 0 Å². The average Bonchev–Trinajstić information content (AvgIpc) is 2.56. The van der Waals surface area contributed by atoms with Crippen molar-refractivity contribution in [2.45, 2.75) is 27.2 Å². The Labute approximate surface area is 145 Å². The Hall–Kier alpha value is -2.90. The zero-order valence-electron chi connectivity index (χ0n) is 14.4. The number of nitrogens with zero attached hydrogens (tertiary/aromatic N) is 1. The summed E-state index contributed by atoms with van der Waals surface area (Å²) in [5, 5.41) is 10.6. The molecule has 0 saturated heterocycles. The van der Waals surface area contributed by atoms with E-state index in [0.717, 1.165) is 0 Å². The van der Waals surface area contributed by atoms with Crippen LogP contribution in [0.4, 0.5) is 10.5 Å². The molecule has 8 heteroatoms. The molecule has 0 aromatic heterocycles. The second-order valence-corrected chi connectivity index (χ2v) is 5.52. The van der Waals surface area contributed by atoms with E-state index in [1.54, 1.807) is 6.08 Å². The van der Waals surface area contributed by atoms with Gasteiger partial charge in [-0.1, -0.05) is 26.8 Å². The van der Waals surface area contributed by atoms with Crippen LogP contribution >= 0.6 is 0 Å². The summed E-state index contributed by atoms with van der Waals surface area (Å²) in [6.45, 7) is 5.65. The number of benzene rings is 1. The van der Waals surface area contributed by atoms with Gasteiger partial charge in [0.2, 0.25) is 0 Å². The number of hydrogen-bond acceptors (Lipinski definition) is 7. The standard InChI is InChI=1S/C17H21NO7/c1-4-5-13(16(19)23-10-12(2)3)11-24-17(20)25-15-8-6-14(7-9-15)18(21)22/h5-9,12H,4,10-11H2,1-3H3/b13-5+. The Balaban J connectivity index is 2.55. The SMILES string of the molecule is CC/C=C(\COC(=O)Oc1ccc([N+](=O)[O-])cc1)C(=O)OCC(C)C. The van der Waals surface area contributed by atoms with E-state index in [-0.39, 0.29) is 36.1 Å². The second-order valence-electron chi connectivity index (χ2n) is 5.52. The van der Waals surface area contributed by atoms with Crippen LogP contribution < -0.4 is 4.74 Å². The van der Waals surface area contributed by atoms with E-state index in [1.165, 1.54) is 24.3 Å². The van der Waals surface area contributed by atoms with E-state index in [9.17, 15) is 19.7 Å². The quantitative estimate of drug-likeness (QED) is 0.231. The maximum Gasteiger partial charge on any atom is 0.514 e. The first-order valence-electron chi connectivity index (χ1n) is 7.78. The molecule has 0 heterocycles. The van der Waals surface area contributed by atoms with Crippen molar-refractivity contribution in [2.24, 2.45) is 5.92 Å². The molecule has 0 aliphatic carbocycles. The highest BCUT2D eigenvalue weighted by molar-refractivity contribution is 5.89. The summed E-state index contributed by atoms with van der Waals surface area (Å²) in [5.74, 6) is -0.252. The third kappa shape index (κ3) is 7.47. The van der Waals surface area contributed by atoms with Crippen molar-refractivity contribution < 1.29 is 28.7 Å². The van der Waals surface area contributed by atoms with Crippen LogP contribution in [0, 0.1) is 16.0 Å². The van der Waals surface area contributed by atoms with Crippen LogP contribution in [0.5, 0.6) is 5.75 Å². The lowest BCUT2D eigenvalue weighted by Crippen LogP contribution is -2.19. The lowest BCUT2D eigenvalue weighted by atomic mass is 10.2. The van der Waals surface area contributed by atoms with Gasteiger partial charge in [-0.3, -0.25) is 10.1 Å². The van der Waals surface area contributed by atoms with Gasteiger partial charge >= 0.3 is 12.1 Å². The number of non-ortho nitro benzene ring substituents is 1. The highest BCUT2D eigenvalue weighted by Crippen LogP contribution is 2.17. The number of carbonyl (C=O) groups excluding carboxylic acids is 2. The highest BCUT2D eigenvalue weighted by Gasteiger charge is 2.15. The van der Waals surface area contributed by atoms with Crippen molar-refractivity contribution >= 4 is 17.8 Å². The number of nitro benzene ring substituents is 1. The van der Waals surface area contributed by atoms with Crippen molar-refractivity contribution in [2.75, 3.05) is 13.2 Å². The molecule has 0 unspecified atom stereocenters. The van der Waals surface area contributed by atoms with Crippen molar-refractivity contribution in [3.8, 4) is 5.75 Å². The Morgan fingerprint density at radius 1 is 1.20 bits per heavy atom. The molecule has 0 amide bonds. The first-order chi connectivity index (χ1) is 11.8. The van der Waals surface area contributed by atoms with Crippen LogP contribution in [0.15, 0.2) is 35.9 Å². The van der Waals surface area contributed by atoms with Crippen molar-refractivity contribution in [3.63, 3.8) is 0 Å². The minimum Gasteiger partial charge on any atom is -0.462 e. The number of esters is 1. The van der Waals surface area contributed by atoms with Crippen LogP contribution in [0.25, 0.3) is 0 Å². The van der Waals surface area contributed by atoms with Gasteiger partial charge in [-0.05, 0) is 24.5 Å². The Morgan fingerprint density at radius 3 is 2.36 bits per heavy atom. The molecular weight excluding hydrogens is 330 g/mol. The van der Waals surface area contributed by atoms with Crippen molar-refractivity contribution in [1.82, 2.24) is 0 Å². The fraction of sp³-hybridized carbons (Fsp3) is 0.412. The molecule has 8 nitrogen and oxygen atoms in total. The van der Waals surface area contributed by atoms with Crippen LogP contribution in [0.3, 0.4) is 0 Å². The maximum absolute atomic E-state index is 11.9. The molecule has 25 heavy (non-hydrogen) atoms. The number of rotatable bonds is 8. The van der Waals surface area contributed by atoms with Gasteiger partial charge in [0.05, 0.1) is 17.1 Å². The molecular formula is C17H21NO7. The number of ether oxygens (including phenoxy) is 3. The predicted molar refractivity (Wildman–Crippen MR) is 89.2 cm³/mol. The van der Waals surface area contributed by atoms with Gasteiger partial charge in [0.1, 0.15) is 12.4 Å². The van der Waals surface area contributed by atoms with Crippen molar-refractivity contribution in [1.29, 1.82) is 0 Å². The van der Waals surface area contributed by atoms with E-state index in [1.807, 2.05) is 20.8 Å². The summed E-state index contributed by atoms with van der Waals surface area (Å²) in [7, 11) is 0. The van der Waals surface area contributed by atoms with E-state index >= 15 is 0 Å². The molecule has 0 spiro atoms. The van der Waals surface area contributed by atoms with Crippen molar-refractivity contribution in [3.05, 3.63) is 46.0 Å². The van der Waals surface area contributed by atoms with Crippen LogP contribution in [-0.4, -0.2) is 30.3 Å². The zero-order chi connectivity index (χ0) is 18.8. The van der Waals surface area contributed by atoms with E-state index in [4.69, 9.17) is 14.2 Å². The molecule has 0 aliphatic heterocycles. The molecule has 0 saturated carbocycles. The molecule has 0 bridgehead atoms. The largest absolute Gasteiger partial charge is 0.514 e. The molecule has 1 aromatic carbocycles. The normalized spacial score (nSPS) is 11.1. The predicted octanol–water partition coefficient (Wildman–Crippen LogP) is 3.65. The minimum atomic E-state index is -1.02. The summed E-state index contributed by atoms with van der Waals surface area (Å²) in [4.78, 5) is 33.6. The zero-order valence-corrected chi connectivity index (χ0v) is 14.4. The molecule has 0 radical (unpaired) electrons. The lowest BCUT2D eigenvalue weighted by molar-refractivity contribution is -0.384. The summed E-state index contributed by atoms with van der Waals surface area (Å²) in [5.41, 5.74) is 0.102. The van der Waals surface area contributed by atoms with Gasteiger partial charge in [0, 0.05) is 12.1 Å². The van der Waals surface area contributed by atoms with E-state index in [2.05, 4.69) is 0 Å². The summed E-state index contributed by atoms with van der Waals surface area (Å²) in [6, 6.07) is 4.96. The monoisotopic (exact) mass is 351 g/mol. The second kappa shape index (κ2) is 10.1. The molecule has 1 aromatic rings. The number of allylic oxidation sites excluding steroid dienone is 1. The highest BCUT2D eigenvalue weighted by atomic mass is 16.7. The first-order valence-corrected chi connectivity index (χ1v) is 7.78. The summed E-state index contributed by atoms with van der Waals surface area (Å²) in [6.07, 6.45) is 1.17. The maximum atomic E-state index is 11.9. The molecule has 0 fully saturated rings. The van der Waals surface area contributed by atoms with Gasteiger partial charge in [-0.25, -0.2) is 9.59 Å². The molecule has 1 rings (SSSR count). The Kier molecular flexibility index (Phi) is 8.11. The molecule has 136 valence electrons. The molecule has 0 atom stereocenters. The smallest absolute Gasteiger partial charge is 0.462 e. The van der Waals surface area contributed by atoms with Gasteiger partial charge in [-0.2, -0.15) is 0 Å². The third-order valence-electron chi connectivity index (χ3n) is 2.85. The van der Waals surface area contributed by atoms with Gasteiger partial charge < -0.3 is 14.2 Å². The number of nitro groups is 1. The molecule has 0 N–H and O–H groups in total. The average molecular weight is 351 g/mol. The van der Waals surface area contributed by atoms with E-state index in [0.29, 0.717) is 6.42 Å². The topological polar surface area (TPSA) is 105 Å².